The average Bonchev–Trinajstić information content (AvgIpc) is 2.78. The van der Waals surface area contributed by atoms with E-state index in [0.717, 1.165) is 17.8 Å². The van der Waals surface area contributed by atoms with Gasteiger partial charge in [-0.3, -0.25) is 4.90 Å². The SMILES string of the molecule is Cc1nc(CN2CCC(CCBr)C2)cs1. The van der Waals surface area contributed by atoms with Crippen molar-refractivity contribution in [1.82, 2.24) is 9.88 Å². The van der Waals surface area contributed by atoms with E-state index in [1.165, 1.54) is 36.6 Å². The first-order valence-corrected chi connectivity index (χ1v) is 7.47. The van der Waals surface area contributed by atoms with E-state index in [1.807, 2.05) is 0 Å². The topological polar surface area (TPSA) is 16.1 Å². The Morgan fingerprint density at radius 2 is 2.53 bits per heavy atom. The largest absolute Gasteiger partial charge is 0.297 e. The predicted molar refractivity (Wildman–Crippen MR) is 68.6 cm³/mol. The fraction of sp³-hybridized carbons (Fsp3) is 0.727. The van der Waals surface area contributed by atoms with Crippen LogP contribution in [0.3, 0.4) is 0 Å². The summed E-state index contributed by atoms with van der Waals surface area (Å²) in [5.74, 6) is 0.893. The van der Waals surface area contributed by atoms with Gasteiger partial charge >= 0.3 is 0 Å². The van der Waals surface area contributed by atoms with Crippen LogP contribution in [0.4, 0.5) is 0 Å². The molecule has 0 radical (unpaired) electrons. The van der Waals surface area contributed by atoms with Crippen molar-refractivity contribution >= 4 is 27.3 Å². The third-order valence-corrected chi connectivity index (χ3v) is 4.22. The molecule has 0 spiro atoms. The minimum atomic E-state index is 0.893. The number of halogens is 1. The normalized spacial score (nSPS) is 22.4. The van der Waals surface area contributed by atoms with E-state index in [4.69, 9.17) is 0 Å². The highest BCUT2D eigenvalue weighted by molar-refractivity contribution is 9.09. The van der Waals surface area contributed by atoms with Gasteiger partial charge in [0, 0.05) is 23.8 Å². The summed E-state index contributed by atoms with van der Waals surface area (Å²) in [4.78, 5) is 7.04. The second kappa shape index (κ2) is 5.41. The number of alkyl halides is 1. The van der Waals surface area contributed by atoms with Crippen LogP contribution < -0.4 is 0 Å². The molecule has 1 unspecified atom stereocenters. The Morgan fingerprint density at radius 1 is 1.67 bits per heavy atom. The fourth-order valence-corrected chi connectivity index (χ4v) is 3.41. The number of rotatable bonds is 4. The van der Waals surface area contributed by atoms with Gasteiger partial charge in [0.05, 0.1) is 10.7 Å². The summed E-state index contributed by atoms with van der Waals surface area (Å²) in [5.41, 5.74) is 1.25. The maximum Gasteiger partial charge on any atom is 0.0897 e. The van der Waals surface area contributed by atoms with Crippen LogP contribution >= 0.6 is 27.3 Å². The first-order valence-electron chi connectivity index (χ1n) is 5.47. The highest BCUT2D eigenvalue weighted by atomic mass is 79.9. The fourth-order valence-electron chi connectivity index (χ4n) is 2.16. The van der Waals surface area contributed by atoms with Crippen LogP contribution in [0.15, 0.2) is 5.38 Å². The summed E-state index contributed by atoms with van der Waals surface area (Å²) in [6, 6.07) is 0. The molecule has 1 aromatic rings. The van der Waals surface area contributed by atoms with Crippen molar-refractivity contribution in [2.24, 2.45) is 5.92 Å². The summed E-state index contributed by atoms with van der Waals surface area (Å²) in [7, 11) is 0. The van der Waals surface area contributed by atoms with Crippen LogP contribution in [0.2, 0.25) is 0 Å². The Morgan fingerprint density at radius 3 is 3.20 bits per heavy atom. The summed E-state index contributed by atoms with van der Waals surface area (Å²) in [6.45, 7) is 5.62. The zero-order chi connectivity index (χ0) is 10.7. The third-order valence-electron chi connectivity index (χ3n) is 2.94. The van der Waals surface area contributed by atoms with E-state index in [9.17, 15) is 0 Å². The molecule has 0 N–H and O–H groups in total. The molecule has 0 amide bonds. The molecule has 1 fully saturated rings. The Balaban J connectivity index is 1.82. The summed E-state index contributed by atoms with van der Waals surface area (Å²) < 4.78 is 0. The molecule has 0 aliphatic carbocycles. The molecule has 0 bridgehead atoms. The lowest BCUT2D eigenvalue weighted by atomic mass is 10.1. The van der Waals surface area contributed by atoms with Crippen LogP contribution in [-0.2, 0) is 6.54 Å². The Bertz CT molecular complexity index is 313. The molecule has 1 aliphatic heterocycles. The second-order valence-electron chi connectivity index (χ2n) is 4.23. The summed E-state index contributed by atoms with van der Waals surface area (Å²) in [5, 5.41) is 4.51. The number of thiazole rings is 1. The number of nitrogens with zero attached hydrogens (tertiary/aromatic N) is 2. The highest BCUT2D eigenvalue weighted by Gasteiger charge is 2.22. The number of hydrogen-bond acceptors (Lipinski definition) is 3. The first-order chi connectivity index (χ1) is 7.28. The summed E-state index contributed by atoms with van der Waals surface area (Å²) >= 11 is 5.27. The van der Waals surface area contributed by atoms with Gasteiger partial charge in [-0.1, -0.05) is 15.9 Å². The molecule has 1 aliphatic rings. The van der Waals surface area contributed by atoms with Gasteiger partial charge in [-0.15, -0.1) is 11.3 Å². The molecular formula is C11H17BrN2S. The van der Waals surface area contributed by atoms with E-state index in [0.29, 0.717) is 0 Å². The zero-order valence-electron chi connectivity index (χ0n) is 9.08. The van der Waals surface area contributed by atoms with Crippen LogP contribution in [0, 0.1) is 12.8 Å². The number of likely N-dealkylation sites (tertiary alicyclic amines) is 1. The van der Waals surface area contributed by atoms with E-state index in [1.54, 1.807) is 11.3 Å². The molecule has 1 aromatic heterocycles. The van der Waals surface area contributed by atoms with Gasteiger partial charge in [0.1, 0.15) is 0 Å². The number of aromatic nitrogens is 1. The maximum atomic E-state index is 4.51. The summed E-state index contributed by atoms with van der Waals surface area (Å²) in [6.07, 6.45) is 2.67. The minimum absolute atomic E-state index is 0.893. The zero-order valence-corrected chi connectivity index (χ0v) is 11.5. The lowest BCUT2D eigenvalue weighted by Crippen LogP contribution is -2.20. The quantitative estimate of drug-likeness (QED) is 0.792. The molecule has 1 saturated heterocycles. The van der Waals surface area contributed by atoms with Crippen LogP contribution in [-0.4, -0.2) is 28.3 Å². The molecule has 2 heterocycles. The van der Waals surface area contributed by atoms with Crippen molar-refractivity contribution in [3.63, 3.8) is 0 Å². The number of hydrogen-bond donors (Lipinski definition) is 0. The second-order valence-corrected chi connectivity index (χ2v) is 6.08. The van der Waals surface area contributed by atoms with Gasteiger partial charge < -0.3 is 0 Å². The number of aryl methyl sites for hydroxylation is 1. The molecule has 15 heavy (non-hydrogen) atoms. The van der Waals surface area contributed by atoms with Gasteiger partial charge in [0.25, 0.3) is 0 Å². The van der Waals surface area contributed by atoms with Gasteiger partial charge in [0.15, 0.2) is 0 Å². The molecule has 0 aromatic carbocycles. The van der Waals surface area contributed by atoms with E-state index < -0.39 is 0 Å². The smallest absolute Gasteiger partial charge is 0.0897 e. The predicted octanol–water partition coefficient (Wildman–Crippen LogP) is 3.06. The van der Waals surface area contributed by atoms with Gasteiger partial charge in [-0.25, -0.2) is 4.98 Å². The van der Waals surface area contributed by atoms with E-state index >= 15 is 0 Å². The Labute approximate surface area is 104 Å². The maximum absolute atomic E-state index is 4.51. The Kier molecular flexibility index (Phi) is 4.17. The minimum Gasteiger partial charge on any atom is -0.297 e. The lowest BCUT2D eigenvalue weighted by molar-refractivity contribution is 0.312. The van der Waals surface area contributed by atoms with E-state index in [-0.39, 0.29) is 0 Å². The van der Waals surface area contributed by atoms with Crippen molar-refractivity contribution in [2.75, 3.05) is 18.4 Å². The molecule has 2 nitrogen and oxygen atoms in total. The first kappa shape index (κ1) is 11.6. The molecule has 1 atom stereocenters. The standard InChI is InChI=1S/C11H17BrN2S/c1-9-13-11(8-15-9)7-14-5-3-10(6-14)2-4-12/h8,10H,2-7H2,1H3. The molecule has 2 rings (SSSR count). The third kappa shape index (κ3) is 3.26. The van der Waals surface area contributed by atoms with Crippen molar-refractivity contribution < 1.29 is 0 Å². The Hall–Kier alpha value is 0.0700. The molecular weight excluding hydrogens is 272 g/mol. The molecule has 84 valence electrons. The highest BCUT2D eigenvalue weighted by Crippen LogP contribution is 2.22. The van der Waals surface area contributed by atoms with E-state index in [2.05, 4.69) is 38.1 Å². The average molecular weight is 289 g/mol. The van der Waals surface area contributed by atoms with Crippen molar-refractivity contribution in [2.45, 2.75) is 26.3 Å². The van der Waals surface area contributed by atoms with Crippen LogP contribution in [0.1, 0.15) is 23.5 Å². The van der Waals surface area contributed by atoms with Crippen LogP contribution in [0.25, 0.3) is 0 Å². The van der Waals surface area contributed by atoms with Gasteiger partial charge in [-0.05, 0) is 32.2 Å². The van der Waals surface area contributed by atoms with Crippen molar-refractivity contribution in [3.05, 3.63) is 16.1 Å². The monoisotopic (exact) mass is 288 g/mol. The van der Waals surface area contributed by atoms with Crippen molar-refractivity contribution in [3.8, 4) is 0 Å². The van der Waals surface area contributed by atoms with Crippen LogP contribution in [0.5, 0.6) is 0 Å². The van der Waals surface area contributed by atoms with Gasteiger partial charge in [-0.2, -0.15) is 0 Å². The van der Waals surface area contributed by atoms with Gasteiger partial charge in [0.2, 0.25) is 0 Å². The molecule has 4 heteroatoms. The van der Waals surface area contributed by atoms with Crippen molar-refractivity contribution in [1.29, 1.82) is 0 Å². The lowest BCUT2D eigenvalue weighted by Gasteiger charge is -2.13. The molecule has 0 saturated carbocycles.